The summed E-state index contributed by atoms with van der Waals surface area (Å²) in [5, 5.41) is 9.79. The Balaban J connectivity index is 2.18. The Morgan fingerprint density at radius 2 is 2.12 bits per heavy atom. The normalized spacial score (nSPS) is 26.2. The van der Waals surface area contributed by atoms with Crippen molar-refractivity contribution in [3.8, 4) is 0 Å². The summed E-state index contributed by atoms with van der Waals surface area (Å²) in [6, 6.07) is 0.258. The minimum atomic E-state index is -0.380. The van der Waals surface area contributed by atoms with E-state index in [2.05, 4.69) is 11.8 Å². The van der Waals surface area contributed by atoms with E-state index in [-0.39, 0.29) is 18.2 Å². The third-order valence-corrected chi connectivity index (χ3v) is 3.14. The number of nitrogens with two attached hydrogens (primary N) is 1. The Hall–Kier alpha value is -0.160. The van der Waals surface area contributed by atoms with Crippen molar-refractivity contribution in [2.24, 2.45) is 11.7 Å². The fourth-order valence-corrected chi connectivity index (χ4v) is 2.11. The Bertz CT molecular complexity index is 197. The average molecular weight is 230 g/mol. The molecule has 0 aliphatic carbocycles. The van der Waals surface area contributed by atoms with Crippen LogP contribution >= 0.6 is 0 Å². The molecule has 1 fully saturated rings. The number of hydrogen-bond acceptors (Lipinski definition) is 4. The highest BCUT2D eigenvalue weighted by Crippen LogP contribution is 2.18. The van der Waals surface area contributed by atoms with Crippen LogP contribution in [0.5, 0.6) is 0 Å². The summed E-state index contributed by atoms with van der Waals surface area (Å²) in [7, 11) is 0. The Morgan fingerprint density at radius 1 is 1.44 bits per heavy atom. The number of hydrogen-bond donors (Lipinski definition) is 2. The number of β-amino-alcohol motifs (C(OH)–C–C–N with tert-alkyl or cyclic N) is 1. The molecule has 0 radical (unpaired) electrons. The topological polar surface area (TPSA) is 58.7 Å². The van der Waals surface area contributed by atoms with Crippen LogP contribution in [0, 0.1) is 5.92 Å². The molecule has 1 aliphatic rings. The predicted molar refractivity (Wildman–Crippen MR) is 65.3 cm³/mol. The summed E-state index contributed by atoms with van der Waals surface area (Å²) in [5.74, 6) is 0.582. The SMILES string of the molecule is CC(C)OCC(O)CN1CCC(C(C)N)C1. The molecule has 3 atom stereocenters. The Labute approximate surface area is 98.8 Å². The van der Waals surface area contributed by atoms with Gasteiger partial charge in [0.1, 0.15) is 0 Å². The zero-order valence-electron chi connectivity index (χ0n) is 10.7. The molecular formula is C12H26N2O2. The molecule has 0 bridgehead atoms. The van der Waals surface area contributed by atoms with Crippen molar-refractivity contribution in [3.05, 3.63) is 0 Å². The highest BCUT2D eigenvalue weighted by molar-refractivity contribution is 4.81. The molecule has 96 valence electrons. The number of rotatable bonds is 6. The van der Waals surface area contributed by atoms with Crippen LogP contribution in [0.15, 0.2) is 0 Å². The van der Waals surface area contributed by atoms with Gasteiger partial charge < -0.3 is 20.5 Å². The molecule has 1 aliphatic heterocycles. The number of aliphatic hydroxyl groups is 1. The predicted octanol–water partition coefficient (Wildman–Crippen LogP) is 0.441. The van der Waals surface area contributed by atoms with Gasteiger partial charge in [-0.2, -0.15) is 0 Å². The third-order valence-electron chi connectivity index (χ3n) is 3.14. The van der Waals surface area contributed by atoms with Crippen LogP contribution in [0.25, 0.3) is 0 Å². The van der Waals surface area contributed by atoms with Crippen LogP contribution in [-0.2, 0) is 4.74 Å². The maximum Gasteiger partial charge on any atom is 0.0900 e. The van der Waals surface area contributed by atoms with E-state index in [1.54, 1.807) is 0 Å². The van der Waals surface area contributed by atoms with Gasteiger partial charge in [-0.1, -0.05) is 0 Å². The van der Waals surface area contributed by atoms with Crippen LogP contribution in [0.4, 0.5) is 0 Å². The molecule has 1 heterocycles. The molecule has 3 unspecified atom stereocenters. The molecule has 0 saturated carbocycles. The molecule has 4 nitrogen and oxygen atoms in total. The van der Waals surface area contributed by atoms with E-state index in [0.29, 0.717) is 19.1 Å². The smallest absolute Gasteiger partial charge is 0.0900 e. The molecule has 0 aromatic rings. The quantitative estimate of drug-likeness (QED) is 0.695. The summed E-state index contributed by atoms with van der Waals surface area (Å²) in [6.45, 7) is 9.21. The highest BCUT2D eigenvalue weighted by Gasteiger charge is 2.26. The first-order valence-electron chi connectivity index (χ1n) is 6.26. The maximum atomic E-state index is 9.79. The molecule has 0 spiro atoms. The summed E-state index contributed by atoms with van der Waals surface area (Å²) in [5.41, 5.74) is 5.88. The van der Waals surface area contributed by atoms with Gasteiger partial charge in [-0.3, -0.25) is 0 Å². The Kier molecular flexibility index (Phi) is 5.69. The molecule has 16 heavy (non-hydrogen) atoms. The summed E-state index contributed by atoms with van der Waals surface area (Å²) >= 11 is 0. The van der Waals surface area contributed by atoms with Crippen molar-refractivity contribution >= 4 is 0 Å². The number of nitrogens with zero attached hydrogens (tertiary/aromatic N) is 1. The summed E-state index contributed by atoms with van der Waals surface area (Å²) < 4.78 is 5.39. The van der Waals surface area contributed by atoms with Gasteiger partial charge in [-0.15, -0.1) is 0 Å². The standard InChI is InChI=1S/C12H26N2O2/c1-9(2)16-8-12(15)7-14-5-4-11(6-14)10(3)13/h9-12,15H,4-8,13H2,1-3H3. The van der Waals surface area contributed by atoms with Gasteiger partial charge >= 0.3 is 0 Å². The first kappa shape index (κ1) is 13.9. The van der Waals surface area contributed by atoms with Crippen molar-refractivity contribution < 1.29 is 9.84 Å². The second-order valence-electron chi connectivity index (χ2n) is 5.20. The molecule has 0 aromatic heterocycles. The van der Waals surface area contributed by atoms with E-state index in [0.717, 1.165) is 19.5 Å². The largest absolute Gasteiger partial charge is 0.389 e. The van der Waals surface area contributed by atoms with Gasteiger partial charge in [-0.05, 0) is 39.7 Å². The summed E-state index contributed by atoms with van der Waals surface area (Å²) in [4.78, 5) is 2.28. The minimum Gasteiger partial charge on any atom is -0.389 e. The monoisotopic (exact) mass is 230 g/mol. The third kappa shape index (κ3) is 4.78. The van der Waals surface area contributed by atoms with Crippen molar-refractivity contribution in [2.75, 3.05) is 26.2 Å². The van der Waals surface area contributed by atoms with E-state index in [4.69, 9.17) is 10.5 Å². The van der Waals surface area contributed by atoms with Gasteiger partial charge in [-0.25, -0.2) is 0 Å². The lowest BCUT2D eigenvalue weighted by atomic mass is 10.0. The highest BCUT2D eigenvalue weighted by atomic mass is 16.5. The van der Waals surface area contributed by atoms with Crippen molar-refractivity contribution in [2.45, 2.75) is 45.4 Å². The average Bonchev–Trinajstić information content (AvgIpc) is 2.63. The van der Waals surface area contributed by atoms with Crippen LogP contribution < -0.4 is 5.73 Å². The second-order valence-corrected chi connectivity index (χ2v) is 5.20. The lowest BCUT2D eigenvalue weighted by Crippen LogP contribution is -2.36. The van der Waals surface area contributed by atoms with Crippen molar-refractivity contribution in [3.63, 3.8) is 0 Å². The first-order chi connectivity index (χ1) is 7.49. The van der Waals surface area contributed by atoms with E-state index in [1.807, 2.05) is 13.8 Å². The molecule has 0 amide bonds. The van der Waals surface area contributed by atoms with Crippen molar-refractivity contribution in [1.82, 2.24) is 4.90 Å². The van der Waals surface area contributed by atoms with E-state index in [1.165, 1.54) is 0 Å². The fourth-order valence-electron chi connectivity index (χ4n) is 2.11. The van der Waals surface area contributed by atoms with Gasteiger partial charge in [0.25, 0.3) is 0 Å². The van der Waals surface area contributed by atoms with Gasteiger partial charge in [0, 0.05) is 19.1 Å². The van der Waals surface area contributed by atoms with E-state index in [9.17, 15) is 5.11 Å². The van der Waals surface area contributed by atoms with Crippen LogP contribution in [0.2, 0.25) is 0 Å². The second kappa shape index (κ2) is 6.55. The van der Waals surface area contributed by atoms with Crippen LogP contribution in [0.1, 0.15) is 27.2 Å². The van der Waals surface area contributed by atoms with Gasteiger partial charge in [0.15, 0.2) is 0 Å². The van der Waals surface area contributed by atoms with E-state index >= 15 is 0 Å². The van der Waals surface area contributed by atoms with Gasteiger partial charge in [0.2, 0.25) is 0 Å². The van der Waals surface area contributed by atoms with Crippen LogP contribution in [-0.4, -0.2) is 54.5 Å². The molecule has 1 rings (SSSR count). The molecule has 3 N–H and O–H groups in total. The number of ether oxygens (including phenoxy) is 1. The zero-order valence-corrected chi connectivity index (χ0v) is 10.7. The molecule has 0 aromatic carbocycles. The molecule has 1 saturated heterocycles. The molecule has 4 heteroatoms. The number of likely N-dealkylation sites (tertiary alicyclic amines) is 1. The van der Waals surface area contributed by atoms with Gasteiger partial charge in [0.05, 0.1) is 18.8 Å². The minimum absolute atomic E-state index is 0.185. The summed E-state index contributed by atoms with van der Waals surface area (Å²) in [6.07, 6.45) is 0.953. The lowest BCUT2D eigenvalue weighted by molar-refractivity contribution is -0.00625. The number of aliphatic hydroxyl groups excluding tert-OH is 1. The maximum absolute atomic E-state index is 9.79. The fraction of sp³-hybridized carbons (Fsp3) is 1.00. The van der Waals surface area contributed by atoms with Crippen LogP contribution in [0.3, 0.4) is 0 Å². The van der Waals surface area contributed by atoms with Crippen molar-refractivity contribution in [1.29, 1.82) is 0 Å². The molecular weight excluding hydrogens is 204 g/mol. The Morgan fingerprint density at radius 3 is 2.62 bits per heavy atom. The first-order valence-corrected chi connectivity index (χ1v) is 6.26. The lowest BCUT2D eigenvalue weighted by Gasteiger charge is -2.21. The zero-order chi connectivity index (χ0) is 12.1. The van der Waals surface area contributed by atoms with E-state index < -0.39 is 0 Å².